The predicted molar refractivity (Wildman–Crippen MR) is 80.3 cm³/mol. The molecule has 0 fully saturated rings. The van der Waals surface area contributed by atoms with Crippen LogP contribution < -0.4 is 10.6 Å². The van der Waals surface area contributed by atoms with Crippen molar-refractivity contribution in [1.29, 1.82) is 0 Å². The summed E-state index contributed by atoms with van der Waals surface area (Å²) < 4.78 is 32.1. The molecule has 0 spiro atoms. The molecule has 0 radical (unpaired) electrons. The van der Waals surface area contributed by atoms with Gasteiger partial charge in [0.25, 0.3) is 10.1 Å². The van der Waals surface area contributed by atoms with Crippen LogP contribution in [0.15, 0.2) is 23.1 Å². The lowest BCUT2D eigenvalue weighted by molar-refractivity contribution is 0.211. The van der Waals surface area contributed by atoms with Gasteiger partial charge in [0.05, 0.1) is 18.6 Å². The van der Waals surface area contributed by atoms with E-state index in [9.17, 15) is 18.1 Å². The molecule has 0 bridgehead atoms. The molecule has 0 amide bonds. The molecule has 1 rings (SSSR count). The van der Waals surface area contributed by atoms with E-state index in [1.54, 1.807) is 12.1 Å². The summed E-state index contributed by atoms with van der Waals surface area (Å²) in [5, 5.41) is 23.7. The Morgan fingerprint density at radius 1 is 1.33 bits per heavy atom. The highest BCUT2D eigenvalue weighted by Crippen LogP contribution is 2.21. The van der Waals surface area contributed by atoms with E-state index in [1.807, 2.05) is 0 Å². The summed E-state index contributed by atoms with van der Waals surface area (Å²) in [5.74, 6) is 0.0569. The zero-order valence-electron chi connectivity index (χ0n) is 11.3. The van der Waals surface area contributed by atoms with Crippen LogP contribution in [-0.2, 0) is 16.7 Å². The molecule has 9 heteroatoms. The summed E-state index contributed by atoms with van der Waals surface area (Å²) in [6, 6.07) is 4.46. The molecule has 21 heavy (non-hydrogen) atoms. The van der Waals surface area contributed by atoms with Gasteiger partial charge in [-0.15, -0.1) is 11.6 Å². The maximum absolute atomic E-state index is 11.4. The normalized spacial score (nSPS) is 13.1. The average molecular weight is 339 g/mol. The minimum absolute atomic E-state index is 0.0569. The quantitative estimate of drug-likeness (QED) is 0.245. The standard InChI is InChI=1S/C12H19ClN2O5S/c13-6-11(17)8-15-10-2-1-9(7-14-3-4-16)12(5-10)21(18,19)20/h1-2,5,11,14-17H,3-4,6-8H2,(H,18,19,20). The van der Waals surface area contributed by atoms with E-state index in [0.717, 1.165) is 0 Å². The van der Waals surface area contributed by atoms with Crippen LogP contribution in [0.3, 0.4) is 0 Å². The number of hydrogen-bond donors (Lipinski definition) is 5. The minimum atomic E-state index is -4.37. The van der Waals surface area contributed by atoms with Crippen molar-refractivity contribution < 1.29 is 23.2 Å². The Morgan fingerprint density at radius 2 is 2.05 bits per heavy atom. The van der Waals surface area contributed by atoms with E-state index in [2.05, 4.69) is 10.6 Å². The van der Waals surface area contributed by atoms with Gasteiger partial charge < -0.3 is 20.8 Å². The number of halogens is 1. The summed E-state index contributed by atoms with van der Waals surface area (Å²) in [5.41, 5.74) is 0.826. The number of rotatable bonds is 9. The fourth-order valence-corrected chi connectivity index (χ4v) is 2.50. The van der Waals surface area contributed by atoms with E-state index in [4.69, 9.17) is 16.7 Å². The number of anilines is 1. The van der Waals surface area contributed by atoms with Gasteiger partial charge in [-0.2, -0.15) is 8.42 Å². The van der Waals surface area contributed by atoms with Gasteiger partial charge in [0.2, 0.25) is 0 Å². The van der Waals surface area contributed by atoms with Crippen molar-refractivity contribution in [2.45, 2.75) is 17.5 Å². The van der Waals surface area contributed by atoms with Gasteiger partial charge in [-0.25, -0.2) is 0 Å². The molecule has 1 aromatic rings. The van der Waals surface area contributed by atoms with Crippen molar-refractivity contribution >= 4 is 27.4 Å². The Kier molecular flexibility index (Phi) is 7.36. The fraction of sp³-hybridized carbons (Fsp3) is 0.500. The van der Waals surface area contributed by atoms with Crippen molar-refractivity contribution in [2.75, 3.05) is 30.9 Å². The Labute approximate surface area is 128 Å². The molecular formula is C12H19ClN2O5S. The highest BCUT2D eigenvalue weighted by atomic mass is 35.5. The zero-order chi connectivity index (χ0) is 15.9. The second-order valence-corrected chi connectivity index (χ2v) is 6.09. The first kappa shape index (κ1) is 18.1. The van der Waals surface area contributed by atoms with Gasteiger partial charge in [-0.1, -0.05) is 6.07 Å². The molecule has 1 unspecified atom stereocenters. The Hall–Kier alpha value is -0.900. The Balaban J connectivity index is 2.91. The molecule has 120 valence electrons. The van der Waals surface area contributed by atoms with E-state index in [0.29, 0.717) is 17.8 Å². The third-order valence-electron chi connectivity index (χ3n) is 2.67. The van der Waals surface area contributed by atoms with E-state index >= 15 is 0 Å². The van der Waals surface area contributed by atoms with Gasteiger partial charge in [0.1, 0.15) is 4.90 Å². The second kappa shape index (κ2) is 8.52. The van der Waals surface area contributed by atoms with Crippen LogP contribution in [-0.4, -0.2) is 54.9 Å². The SMILES string of the molecule is O=S(=O)(O)c1cc(NCC(O)CCl)ccc1CNCCO. The molecular weight excluding hydrogens is 320 g/mol. The number of nitrogens with one attached hydrogen (secondary N) is 2. The number of alkyl halides is 1. The maximum atomic E-state index is 11.4. The van der Waals surface area contributed by atoms with Crippen LogP contribution in [0, 0.1) is 0 Å². The van der Waals surface area contributed by atoms with Crippen molar-refractivity contribution in [3.05, 3.63) is 23.8 Å². The molecule has 1 aromatic carbocycles. The van der Waals surface area contributed by atoms with Gasteiger partial charge >= 0.3 is 0 Å². The molecule has 0 aromatic heterocycles. The molecule has 0 heterocycles. The molecule has 5 N–H and O–H groups in total. The van der Waals surface area contributed by atoms with Gasteiger partial charge in [0, 0.05) is 25.3 Å². The topological polar surface area (TPSA) is 119 Å². The third-order valence-corrected chi connectivity index (χ3v) is 3.96. The summed E-state index contributed by atoms with van der Waals surface area (Å²) in [4.78, 5) is -0.224. The lowest BCUT2D eigenvalue weighted by Crippen LogP contribution is -2.21. The molecule has 0 saturated carbocycles. The molecule has 1 atom stereocenters. The summed E-state index contributed by atoms with van der Waals surface area (Å²) in [6.07, 6.45) is -0.758. The van der Waals surface area contributed by atoms with Crippen molar-refractivity contribution in [2.24, 2.45) is 0 Å². The maximum Gasteiger partial charge on any atom is 0.294 e. The van der Waals surface area contributed by atoms with Crippen LogP contribution in [0.4, 0.5) is 5.69 Å². The first-order valence-corrected chi connectivity index (χ1v) is 8.26. The van der Waals surface area contributed by atoms with Crippen molar-refractivity contribution in [3.8, 4) is 0 Å². The lowest BCUT2D eigenvalue weighted by Gasteiger charge is -2.13. The molecule has 0 aliphatic heterocycles. The van der Waals surface area contributed by atoms with E-state index < -0.39 is 16.2 Å². The molecule has 7 nitrogen and oxygen atoms in total. The van der Waals surface area contributed by atoms with Crippen LogP contribution in [0.1, 0.15) is 5.56 Å². The minimum Gasteiger partial charge on any atom is -0.395 e. The molecule has 0 aliphatic rings. The van der Waals surface area contributed by atoms with Gasteiger partial charge in [-0.05, 0) is 17.7 Å². The third kappa shape index (κ3) is 6.16. The molecule has 0 aliphatic carbocycles. The monoisotopic (exact) mass is 338 g/mol. The van der Waals surface area contributed by atoms with Crippen molar-refractivity contribution in [3.63, 3.8) is 0 Å². The highest BCUT2D eigenvalue weighted by molar-refractivity contribution is 7.85. The zero-order valence-corrected chi connectivity index (χ0v) is 12.9. The fourth-order valence-electron chi connectivity index (χ4n) is 1.64. The van der Waals surface area contributed by atoms with Crippen molar-refractivity contribution in [1.82, 2.24) is 5.32 Å². The Bertz CT molecular complexity index is 553. The predicted octanol–water partition coefficient (Wildman–Crippen LogP) is 0.0268. The highest BCUT2D eigenvalue weighted by Gasteiger charge is 2.16. The van der Waals surface area contributed by atoms with Crippen LogP contribution >= 0.6 is 11.6 Å². The van der Waals surface area contributed by atoms with Gasteiger partial charge in [-0.3, -0.25) is 4.55 Å². The number of benzene rings is 1. The van der Waals surface area contributed by atoms with Crippen LogP contribution in [0.5, 0.6) is 0 Å². The van der Waals surface area contributed by atoms with Crippen LogP contribution in [0.25, 0.3) is 0 Å². The largest absolute Gasteiger partial charge is 0.395 e. The van der Waals surface area contributed by atoms with E-state index in [-0.39, 0.29) is 30.5 Å². The number of hydrogen-bond acceptors (Lipinski definition) is 6. The Morgan fingerprint density at radius 3 is 2.62 bits per heavy atom. The van der Waals surface area contributed by atoms with E-state index in [1.165, 1.54) is 6.07 Å². The molecule has 0 saturated heterocycles. The second-order valence-electron chi connectivity index (χ2n) is 4.39. The smallest absolute Gasteiger partial charge is 0.294 e. The van der Waals surface area contributed by atoms with Gasteiger partial charge in [0.15, 0.2) is 0 Å². The first-order valence-electron chi connectivity index (χ1n) is 6.28. The summed E-state index contributed by atoms with van der Waals surface area (Å²) >= 11 is 5.46. The lowest BCUT2D eigenvalue weighted by atomic mass is 10.2. The number of aliphatic hydroxyl groups excluding tert-OH is 2. The number of aliphatic hydroxyl groups is 2. The summed E-state index contributed by atoms with van der Waals surface area (Å²) in [6.45, 7) is 0.598. The average Bonchev–Trinajstić information content (AvgIpc) is 2.44. The van der Waals surface area contributed by atoms with Crippen LogP contribution in [0.2, 0.25) is 0 Å². The summed E-state index contributed by atoms with van der Waals surface area (Å²) in [7, 11) is -4.37. The first-order chi connectivity index (χ1) is 9.88.